The number of rotatable bonds is 8. The Labute approximate surface area is 213 Å². The first-order valence-corrected chi connectivity index (χ1v) is 13.4. The van der Waals surface area contributed by atoms with Gasteiger partial charge in [-0.25, -0.2) is 14.4 Å². The van der Waals surface area contributed by atoms with Gasteiger partial charge < -0.3 is 19.2 Å². The Morgan fingerprint density at radius 2 is 1.67 bits per heavy atom. The van der Waals surface area contributed by atoms with Crippen LogP contribution in [0.1, 0.15) is 18.4 Å². The number of thioether (sulfide) groups is 1. The maximum Gasteiger partial charge on any atom is 0.256 e. The molecule has 3 aromatic carbocycles. The molecule has 1 aliphatic rings. The number of hydrogen-bond acceptors (Lipinski definition) is 6. The van der Waals surface area contributed by atoms with Crippen molar-refractivity contribution in [2.24, 2.45) is 0 Å². The van der Waals surface area contributed by atoms with Crippen molar-refractivity contribution >= 4 is 39.8 Å². The summed E-state index contributed by atoms with van der Waals surface area (Å²) in [5, 5.41) is 4.45. The van der Waals surface area contributed by atoms with Crippen LogP contribution in [0.2, 0.25) is 0 Å². The molecule has 1 fully saturated rings. The van der Waals surface area contributed by atoms with Crippen LogP contribution in [-0.2, 0) is 6.54 Å². The van der Waals surface area contributed by atoms with Gasteiger partial charge in [0.15, 0.2) is 5.58 Å². The number of oxazole rings is 1. The van der Waals surface area contributed by atoms with Gasteiger partial charge >= 0.3 is 0 Å². The van der Waals surface area contributed by atoms with E-state index in [0.29, 0.717) is 12.6 Å². The molecule has 2 aromatic heterocycles. The predicted octanol–water partition coefficient (Wildman–Crippen LogP) is 6.03. The Kier molecular flexibility index (Phi) is 6.61. The number of fused-ring (bicyclic) bond motifs is 2. The molecule has 3 heterocycles. The van der Waals surface area contributed by atoms with Crippen LogP contribution < -0.4 is 5.32 Å². The number of nitrogens with one attached hydrogen (secondary N) is 1. The highest BCUT2D eigenvalue weighted by Crippen LogP contribution is 2.25. The molecule has 6 nitrogen and oxygen atoms in total. The molecule has 1 N–H and O–H groups in total. The molecule has 36 heavy (non-hydrogen) atoms. The highest BCUT2D eigenvalue weighted by molar-refractivity contribution is 7.99. The topological polar surface area (TPSA) is 59.1 Å². The van der Waals surface area contributed by atoms with Crippen molar-refractivity contribution < 1.29 is 8.81 Å². The van der Waals surface area contributed by atoms with Crippen LogP contribution in [0, 0.1) is 5.82 Å². The molecular weight excluding hydrogens is 473 g/mol. The van der Waals surface area contributed by atoms with Gasteiger partial charge in [0.05, 0.1) is 17.6 Å². The fourth-order valence-electron chi connectivity index (χ4n) is 4.78. The number of piperidine rings is 1. The first-order valence-electron chi connectivity index (χ1n) is 12.4. The highest BCUT2D eigenvalue weighted by Gasteiger charge is 2.21. The van der Waals surface area contributed by atoms with Crippen molar-refractivity contribution in [2.45, 2.75) is 30.7 Å². The minimum Gasteiger partial charge on any atom is -0.431 e. The second-order valence-corrected chi connectivity index (χ2v) is 10.2. The fourth-order valence-corrected chi connectivity index (χ4v) is 5.61. The number of benzene rings is 3. The summed E-state index contributed by atoms with van der Waals surface area (Å²) in [6, 6.07) is 23.1. The van der Waals surface area contributed by atoms with Gasteiger partial charge in [0.1, 0.15) is 11.3 Å². The molecule has 0 unspecified atom stereocenters. The van der Waals surface area contributed by atoms with Gasteiger partial charge in [-0.2, -0.15) is 0 Å². The third-order valence-electron chi connectivity index (χ3n) is 6.74. The maximum atomic E-state index is 13.4. The monoisotopic (exact) mass is 501 g/mol. The van der Waals surface area contributed by atoms with Crippen LogP contribution in [0.25, 0.3) is 22.1 Å². The average molecular weight is 502 g/mol. The Morgan fingerprint density at radius 3 is 2.47 bits per heavy atom. The van der Waals surface area contributed by atoms with Gasteiger partial charge in [-0.15, -0.1) is 0 Å². The Balaban J connectivity index is 1.05. The molecule has 0 radical (unpaired) electrons. The highest BCUT2D eigenvalue weighted by atomic mass is 32.2. The SMILES string of the molecule is Fc1ccc(Cn2c(NC3CCN(CCSc4nc5ccccc5o4)CC3)nc3ccccc32)cc1. The first kappa shape index (κ1) is 23.1. The van der Waals surface area contributed by atoms with Crippen LogP contribution in [0.5, 0.6) is 0 Å². The summed E-state index contributed by atoms with van der Waals surface area (Å²) in [7, 11) is 0. The largest absolute Gasteiger partial charge is 0.431 e. The molecule has 0 amide bonds. The predicted molar refractivity (Wildman–Crippen MR) is 143 cm³/mol. The normalized spacial score (nSPS) is 15.1. The van der Waals surface area contributed by atoms with Crippen molar-refractivity contribution in [2.75, 3.05) is 30.7 Å². The van der Waals surface area contributed by atoms with Crippen LogP contribution in [0.3, 0.4) is 0 Å². The lowest BCUT2D eigenvalue weighted by atomic mass is 10.1. The molecule has 0 saturated carbocycles. The lowest BCUT2D eigenvalue weighted by molar-refractivity contribution is 0.231. The summed E-state index contributed by atoms with van der Waals surface area (Å²) in [4.78, 5) is 11.9. The second kappa shape index (κ2) is 10.3. The Hall–Kier alpha value is -3.36. The van der Waals surface area contributed by atoms with Gasteiger partial charge in [0.25, 0.3) is 5.22 Å². The van der Waals surface area contributed by atoms with Crippen molar-refractivity contribution in [3.8, 4) is 0 Å². The molecule has 6 rings (SSSR count). The number of imidazole rings is 1. The number of aromatic nitrogens is 3. The number of nitrogens with zero attached hydrogens (tertiary/aromatic N) is 4. The van der Waals surface area contributed by atoms with Crippen LogP contribution in [-0.4, -0.2) is 50.9 Å². The van der Waals surface area contributed by atoms with E-state index in [4.69, 9.17) is 9.40 Å². The van der Waals surface area contributed by atoms with Gasteiger partial charge in [-0.05, 0) is 54.8 Å². The summed E-state index contributed by atoms with van der Waals surface area (Å²) >= 11 is 1.68. The minimum absolute atomic E-state index is 0.216. The molecule has 0 atom stereocenters. The van der Waals surface area contributed by atoms with Gasteiger partial charge in [-0.3, -0.25) is 0 Å². The Morgan fingerprint density at radius 1 is 0.917 bits per heavy atom. The van der Waals surface area contributed by atoms with E-state index >= 15 is 0 Å². The zero-order chi connectivity index (χ0) is 24.3. The maximum absolute atomic E-state index is 13.4. The lowest BCUT2D eigenvalue weighted by Crippen LogP contribution is -2.40. The second-order valence-electron chi connectivity index (χ2n) is 9.19. The van der Waals surface area contributed by atoms with E-state index < -0.39 is 0 Å². The third kappa shape index (κ3) is 5.10. The van der Waals surface area contributed by atoms with Gasteiger partial charge in [0, 0.05) is 31.4 Å². The van der Waals surface area contributed by atoms with Crippen LogP contribution in [0.4, 0.5) is 10.3 Å². The molecular formula is C28H28FN5OS. The van der Waals surface area contributed by atoms with E-state index in [1.54, 1.807) is 11.8 Å². The van der Waals surface area contributed by atoms with E-state index in [1.165, 1.54) is 12.1 Å². The molecule has 184 valence electrons. The first-order chi connectivity index (χ1) is 17.7. The molecule has 1 saturated heterocycles. The van der Waals surface area contributed by atoms with Crippen molar-refractivity contribution in [3.05, 3.63) is 84.2 Å². The molecule has 0 aliphatic carbocycles. The van der Waals surface area contributed by atoms with E-state index in [1.807, 2.05) is 54.6 Å². The molecule has 0 spiro atoms. The molecule has 0 bridgehead atoms. The van der Waals surface area contributed by atoms with Crippen LogP contribution >= 0.6 is 11.8 Å². The molecule has 1 aliphatic heterocycles. The summed E-state index contributed by atoms with van der Waals surface area (Å²) in [6.45, 7) is 3.75. The number of halogens is 1. The zero-order valence-corrected chi connectivity index (χ0v) is 20.8. The van der Waals surface area contributed by atoms with E-state index in [9.17, 15) is 4.39 Å². The van der Waals surface area contributed by atoms with Gasteiger partial charge in [-0.1, -0.05) is 48.2 Å². The van der Waals surface area contributed by atoms with Crippen molar-refractivity contribution in [3.63, 3.8) is 0 Å². The molecule has 5 aromatic rings. The van der Waals surface area contributed by atoms with E-state index in [0.717, 1.165) is 77.1 Å². The van der Waals surface area contributed by atoms with E-state index in [2.05, 4.69) is 25.8 Å². The number of likely N-dealkylation sites (tertiary alicyclic amines) is 1. The smallest absolute Gasteiger partial charge is 0.256 e. The average Bonchev–Trinajstić information content (AvgIpc) is 3.47. The van der Waals surface area contributed by atoms with Gasteiger partial charge in [0.2, 0.25) is 5.95 Å². The van der Waals surface area contributed by atoms with Crippen molar-refractivity contribution in [1.82, 2.24) is 19.4 Å². The van der Waals surface area contributed by atoms with Crippen LogP contribution in [0.15, 0.2) is 82.4 Å². The number of anilines is 1. The summed E-state index contributed by atoms with van der Waals surface area (Å²) in [5.41, 5.74) is 4.86. The number of para-hydroxylation sites is 4. The molecule has 8 heteroatoms. The minimum atomic E-state index is -0.216. The van der Waals surface area contributed by atoms with E-state index in [-0.39, 0.29) is 5.82 Å². The Bertz CT molecular complexity index is 1420. The lowest BCUT2D eigenvalue weighted by Gasteiger charge is -2.32. The summed E-state index contributed by atoms with van der Waals surface area (Å²) in [6.07, 6.45) is 2.13. The number of hydrogen-bond donors (Lipinski definition) is 1. The fraction of sp³-hybridized carbons (Fsp3) is 0.286. The quantitative estimate of drug-likeness (QED) is 0.262. The standard InChI is InChI=1S/C28H28FN5OS/c29-21-11-9-20(10-12-21)19-34-25-7-3-1-5-23(25)31-27(34)30-22-13-15-33(16-14-22)17-18-36-28-32-24-6-2-4-8-26(24)35-28/h1-12,22H,13-19H2,(H,30,31). The summed E-state index contributed by atoms with van der Waals surface area (Å²) in [5.74, 6) is 1.62. The summed E-state index contributed by atoms with van der Waals surface area (Å²) < 4.78 is 21.4. The zero-order valence-electron chi connectivity index (χ0n) is 19.9. The third-order valence-corrected chi connectivity index (χ3v) is 7.54. The van der Waals surface area contributed by atoms with Crippen molar-refractivity contribution in [1.29, 1.82) is 0 Å².